The second kappa shape index (κ2) is 6.67. The largest absolute Gasteiger partial charge is 0.497 e. The average molecular weight is 294 g/mol. The molecule has 3 heteroatoms. The number of nitrogens with one attached hydrogen (secondary N) is 1. The third-order valence-electron chi connectivity index (χ3n) is 4.02. The lowest BCUT2D eigenvalue weighted by atomic mass is 10.1. The van der Waals surface area contributed by atoms with E-state index in [1.807, 2.05) is 12.1 Å². The summed E-state index contributed by atoms with van der Waals surface area (Å²) in [5.41, 5.74) is 3.88. The first-order chi connectivity index (χ1) is 10.8. The number of aromatic nitrogens is 1. The average Bonchev–Trinajstić information content (AvgIpc) is 2.96. The smallest absolute Gasteiger partial charge is 0.119 e. The molecule has 1 N–H and O–H groups in total. The zero-order valence-corrected chi connectivity index (χ0v) is 13.2. The SMILES string of the molecule is COc1cccc(CN(C)CCc2c[nH]c3ccccc23)c1. The van der Waals surface area contributed by atoms with Crippen LogP contribution < -0.4 is 4.74 Å². The molecule has 0 radical (unpaired) electrons. The van der Waals surface area contributed by atoms with Crippen LogP contribution in [0.1, 0.15) is 11.1 Å². The number of hydrogen-bond donors (Lipinski definition) is 1. The number of hydrogen-bond acceptors (Lipinski definition) is 2. The van der Waals surface area contributed by atoms with Crippen LogP contribution in [0.15, 0.2) is 54.7 Å². The van der Waals surface area contributed by atoms with E-state index in [-0.39, 0.29) is 0 Å². The Balaban J connectivity index is 1.61. The molecule has 114 valence electrons. The zero-order chi connectivity index (χ0) is 15.4. The number of likely N-dealkylation sites (N-methyl/N-ethyl adjacent to an activating group) is 1. The van der Waals surface area contributed by atoms with Crippen molar-refractivity contribution in [2.24, 2.45) is 0 Å². The summed E-state index contributed by atoms with van der Waals surface area (Å²) in [4.78, 5) is 5.69. The monoisotopic (exact) mass is 294 g/mol. The summed E-state index contributed by atoms with van der Waals surface area (Å²) in [6.07, 6.45) is 3.18. The molecule has 3 rings (SSSR count). The molecule has 0 unspecified atom stereocenters. The van der Waals surface area contributed by atoms with Crippen molar-refractivity contribution in [2.75, 3.05) is 20.7 Å². The van der Waals surface area contributed by atoms with Gasteiger partial charge in [-0.1, -0.05) is 30.3 Å². The van der Waals surface area contributed by atoms with Gasteiger partial charge >= 0.3 is 0 Å². The van der Waals surface area contributed by atoms with Crippen LogP contribution in [0.5, 0.6) is 5.75 Å². The van der Waals surface area contributed by atoms with Gasteiger partial charge in [-0.2, -0.15) is 0 Å². The van der Waals surface area contributed by atoms with E-state index in [4.69, 9.17) is 4.74 Å². The molecule has 22 heavy (non-hydrogen) atoms. The topological polar surface area (TPSA) is 28.3 Å². The Kier molecular flexibility index (Phi) is 4.45. The van der Waals surface area contributed by atoms with E-state index in [1.54, 1.807) is 7.11 Å². The number of aromatic amines is 1. The number of rotatable bonds is 6. The second-order valence-corrected chi connectivity index (χ2v) is 5.70. The fourth-order valence-corrected chi connectivity index (χ4v) is 2.81. The van der Waals surface area contributed by atoms with Gasteiger partial charge in [-0.15, -0.1) is 0 Å². The Bertz CT molecular complexity index is 748. The minimum Gasteiger partial charge on any atom is -0.497 e. The van der Waals surface area contributed by atoms with E-state index in [0.717, 1.165) is 25.3 Å². The number of benzene rings is 2. The van der Waals surface area contributed by atoms with Gasteiger partial charge in [0.1, 0.15) is 5.75 Å². The van der Waals surface area contributed by atoms with Crippen LogP contribution in [0.25, 0.3) is 10.9 Å². The van der Waals surface area contributed by atoms with Crippen LogP contribution in [0, 0.1) is 0 Å². The summed E-state index contributed by atoms with van der Waals surface area (Å²) in [6, 6.07) is 16.7. The third-order valence-corrected chi connectivity index (χ3v) is 4.02. The van der Waals surface area contributed by atoms with Gasteiger partial charge in [0, 0.05) is 30.2 Å². The molecule has 1 aromatic heterocycles. The van der Waals surface area contributed by atoms with E-state index in [9.17, 15) is 0 Å². The molecule has 0 amide bonds. The Morgan fingerprint density at radius 2 is 1.95 bits per heavy atom. The first-order valence-electron chi connectivity index (χ1n) is 7.63. The van der Waals surface area contributed by atoms with Crippen molar-refractivity contribution in [2.45, 2.75) is 13.0 Å². The Hall–Kier alpha value is -2.26. The maximum atomic E-state index is 5.28. The van der Waals surface area contributed by atoms with Gasteiger partial charge < -0.3 is 14.6 Å². The lowest BCUT2D eigenvalue weighted by Crippen LogP contribution is -2.20. The van der Waals surface area contributed by atoms with Crippen molar-refractivity contribution in [1.29, 1.82) is 0 Å². The van der Waals surface area contributed by atoms with Crippen molar-refractivity contribution in [3.05, 3.63) is 65.9 Å². The molecule has 0 bridgehead atoms. The number of nitrogens with zero attached hydrogens (tertiary/aromatic N) is 1. The van der Waals surface area contributed by atoms with Gasteiger partial charge in [0.2, 0.25) is 0 Å². The summed E-state index contributed by atoms with van der Waals surface area (Å²) in [7, 11) is 3.87. The molecule has 0 atom stereocenters. The summed E-state index contributed by atoms with van der Waals surface area (Å²) in [5.74, 6) is 0.919. The minimum atomic E-state index is 0.919. The predicted octanol–water partition coefficient (Wildman–Crippen LogP) is 3.85. The summed E-state index contributed by atoms with van der Waals surface area (Å²) >= 11 is 0. The Morgan fingerprint density at radius 1 is 1.09 bits per heavy atom. The van der Waals surface area contributed by atoms with Gasteiger partial charge in [0.15, 0.2) is 0 Å². The number of ether oxygens (including phenoxy) is 1. The maximum absolute atomic E-state index is 5.28. The number of para-hydroxylation sites is 1. The molecule has 0 aliphatic rings. The van der Waals surface area contributed by atoms with Crippen LogP contribution in [0.4, 0.5) is 0 Å². The molecule has 2 aromatic carbocycles. The third kappa shape index (κ3) is 3.31. The fraction of sp³-hybridized carbons (Fsp3) is 0.263. The quantitative estimate of drug-likeness (QED) is 0.748. The molecule has 0 saturated carbocycles. The van der Waals surface area contributed by atoms with Crippen molar-refractivity contribution >= 4 is 10.9 Å². The highest BCUT2D eigenvalue weighted by atomic mass is 16.5. The molecule has 0 saturated heterocycles. The van der Waals surface area contributed by atoms with Gasteiger partial charge in [0.05, 0.1) is 7.11 Å². The lowest BCUT2D eigenvalue weighted by molar-refractivity contribution is 0.330. The molecule has 0 fully saturated rings. The van der Waals surface area contributed by atoms with Crippen molar-refractivity contribution in [3.8, 4) is 5.75 Å². The fourth-order valence-electron chi connectivity index (χ4n) is 2.81. The summed E-state index contributed by atoms with van der Waals surface area (Å²) in [5, 5.41) is 1.33. The lowest BCUT2D eigenvalue weighted by Gasteiger charge is -2.17. The van der Waals surface area contributed by atoms with Crippen LogP contribution in [0.2, 0.25) is 0 Å². The van der Waals surface area contributed by atoms with E-state index in [2.05, 4.69) is 59.5 Å². The van der Waals surface area contributed by atoms with Gasteiger partial charge in [-0.25, -0.2) is 0 Å². The van der Waals surface area contributed by atoms with Gasteiger partial charge in [-0.05, 0) is 42.8 Å². The first kappa shape index (κ1) is 14.7. The van der Waals surface area contributed by atoms with Crippen molar-refractivity contribution in [1.82, 2.24) is 9.88 Å². The van der Waals surface area contributed by atoms with Crippen LogP contribution >= 0.6 is 0 Å². The molecule has 0 aliphatic carbocycles. The zero-order valence-electron chi connectivity index (χ0n) is 13.2. The molecular formula is C19H22N2O. The number of fused-ring (bicyclic) bond motifs is 1. The number of H-pyrrole nitrogens is 1. The molecular weight excluding hydrogens is 272 g/mol. The van der Waals surface area contributed by atoms with E-state index in [1.165, 1.54) is 22.0 Å². The molecule has 0 aliphatic heterocycles. The first-order valence-corrected chi connectivity index (χ1v) is 7.63. The van der Waals surface area contributed by atoms with E-state index in [0.29, 0.717) is 0 Å². The van der Waals surface area contributed by atoms with E-state index < -0.39 is 0 Å². The van der Waals surface area contributed by atoms with Crippen molar-refractivity contribution < 1.29 is 4.74 Å². The molecule has 1 heterocycles. The van der Waals surface area contributed by atoms with Crippen LogP contribution in [0.3, 0.4) is 0 Å². The second-order valence-electron chi connectivity index (χ2n) is 5.70. The molecule has 3 aromatic rings. The number of methoxy groups -OCH3 is 1. The highest BCUT2D eigenvalue weighted by molar-refractivity contribution is 5.83. The molecule has 3 nitrogen and oxygen atoms in total. The van der Waals surface area contributed by atoms with Crippen LogP contribution in [-0.2, 0) is 13.0 Å². The van der Waals surface area contributed by atoms with Gasteiger partial charge in [0.25, 0.3) is 0 Å². The normalized spacial score (nSPS) is 11.2. The van der Waals surface area contributed by atoms with Gasteiger partial charge in [-0.3, -0.25) is 0 Å². The van der Waals surface area contributed by atoms with Crippen molar-refractivity contribution in [3.63, 3.8) is 0 Å². The molecule has 0 spiro atoms. The predicted molar refractivity (Wildman–Crippen MR) is 91.3 cm³/mol. The minimum absolute atomic E-state index is 0.919. The maximum Gasteiger partial charge on any atom is 0.119 e. The summed E-state index contributed by atoms with van der Waals surface area (Å²) in [6.45, 7) is 1.96. The highest BCUT2D eigenvalue weighted by Gasteiger charge is 2.06. The Labute approximate surface area is 131 Å². The summed E-state index contributed by atoms with van der Waals surface area (Å²) < 4.78 is 5.28. The van der Waals surface area contributed by atoms with Crippen LogP contribution in [-0.4, -0.2) is 30.6 Å². The standard InChI is InChI=1S/C19H22N2O/c1-21(14-15-6-5-7-17(12-15)22-2)11-10-16-13-20-19-9-4-3-8-18(16)19/h3-9,12-13,20H,10-11,14H2,1-2H3. The Morgan fingerprint density at radius 3 is 2.82 bits per heavy atom. The van der Waals surface area contributed by atoms with E-state index >= 15 is 0 Å². The highest BCUT2D eigenvalue weighted by Crippen LogP contribution is 2.19.